The highest BCUT2D eigenvalue weighted by Gasteiger charge is 2.52. The van der Waals surface area contributed by atoms with E-state index in [-0.39, 0.29) is 40.0 Å². The van der Waals surface area contributed by atoms with E-state index in [9.17, 15) is 40.0 Å². The number of methoxy groups -OCH3 is 1. The van der Waals surface area contributed by atoms with Crippen molar-refractivity contribution >= 4 is 27.3 Å². The summed E-state index contributed by atoms with van der Waals surface area (Å²) in [5.41, 5.74) is -5.13. The summed E-state index contributed by atoms with van der Waals surface area (Å²) in [6.07, 6.45) is 2.05. The molecule has 2 bridgehead atoms. The Morgan fingerprint density at radius 3 is 2.35 bits per heavy atom. The van der Waals surface area contributed by atoms with Crippen LogP contribution in [0.4, 0.5) is 27.6 Å². The number of halogens is 5. The van der Waals surface area contributed by atoms with Gasteiger partial charge in [0.2, 0.25) is 5.91 Å². The second kappa shape index (κ2) is 11.3. The molecule has 0 spiro atoms. The highest BCUT2D eigenvalue weighted by atomic mass is 32.2. The first kappa shape index (κ1) is 30.5. The number of carbonyl (C=O) groups is 2. The Morgan fingerprint density at radius 2 is 1.67 bits per heavy atom. The lowest BCUT2D eigenvalue weighted by atomic mass is 9.83. The molecule has 2 aliphatic carbocycles. The number of rotatable bonds is 7. The monoisotopic (exact) mass is 622 g/mol. The summed E-state index contributed by atoms with van der Waals surface area (Å²) >= 11 is 0. The molecule has 3 aromatic carbocycles. The Kier molecular flexibility index (Phi) is 7.97. The Bertz CT molecular complexity index is 1710. The zero-order valence-electron chi connectivity index (χ0n) is 23.0. The third-order valence-electron chi connectivity index (χ3n) is 8.25. The van der Waals surface area contributed by atoms with Gasteiger partial charge in [-0.15, -0.1) is 0 Å². The van der Waals surface area contributed by atoms with E-state index in [0.29, 0.717) is 18.4 Å². The Balaban J connectivity index is 1.40. The molecule has 0 saturated heterocycles. The van der Waals surface area contributed by atoms with Gasteiger partial charge in [-0.1, -0.05) is 18.2 Å². The van der Waals surface area contributed by atoms with Crippen molar-refractivity contribution in [1.29, 1.82) is 0 Å². The topological polar surface area (TPSA) is 102 Å². The van der Waals surface area contributed by atoms with Crippen LogP contribution in [0.5, 0.6) is 5.75 Å². The number of amides is 2. The van der Waals surface area contributed by atoms with Crippen molar-refractivity contribution in [3.8, 4) is 16.9 Å². The van der Waals surface area contributed by atoms with Crippen molar-refractivity contribution in [2.45, 2.75) is 42.6 Å². The van der Waals surface area contributed by atoms with Crippen LogP contribution in [0.2, 0.25) is 0 Å². The molecule has 2 fully saturated rings. The predicted molar refractivity (Wildman–Crippen MR) is 147 cm³/mol. The van der Waals surface area contributed by atoms with Crippen LogP contribution in [0.1, 0.15) is 35.2 Å². The van der Waals surface area contributed by atoms with E-state index >= 15 is 0 Å². The molecule has 2 aliphatic rings. The van der Waals surface area contributed by atoms with E-state index in [2.05, 4.69) is 10.6 Å². The highest BCUT2D eigenvalue weighted by molar-refractivity contribution is 7.92. The van der Waals surface area contributed by atoms with Gasteiger partial charge in [-0.25, -0.2) is 17.2 Å². The highest BCUT2D eigenvalue weighted by Crippen LogP contribution is 2.49. The van der Waals surface area contributed by atoms with Crippen LogP contribution in [0.3, 0.4) is 0 Å². The first-order valence-corrected chi connectivity index (χ1v) is 14.9. The largest absolute Gasteiger partial charge is 0.501 e. The van der Waals surface area contributed by atoms with Gasteiger partial charge < -0.3 is 15.4 Å². The minimum absolute atomic E-state index is 0.0271. The normalized spacial score (nSPS) is 21.5. The number of aryl methyl sites for hydroxylation is 1. The summed E-state index contributed by atoms with van der Waals surface area (Å²) in [4.78, 5) is 26.0. The summed E-state index contributed by atoms with van der Waals surface area (Å²) in [5, 5.41) is 5.39. The summed E-state index contributed by atoms with van der Waals surface area (Å²) in [7, 11) is -4.36. The summed E-state index contributed by atoms with van der Waals surface area (Å²) in [5.74, 6) is -3.54. The van der Waals surface area contributed by atoms with Gasteiger partial charge in [0.15, 0.2) is 0 Å². The SMILES string of the molecule is COc1cc(F)c(-c2ccc(C)c(F)c2)cc1C(=O)N[C@@H]1[C@H]2CC[C@H](C2)[C@@H]1C(=O)Nc1cccc(S(=O)(=O)C(F)(F)F)c1. The maximum absolute atomic E-state index is 15.0. The van der Waals surface area contributed by atoms with Crippen LogP contribution in [0, 0.1) is 36.3 Å². The lowest BCUT2D eigenvalue weighted by molar-refractivity contribution is -0.122. The molecule has 2 N–H and O–H groups in total. The molecule has 2 saturated carbocycles. The van der Waals surface area contributed by atoms with Gasteiger partial charge in [-0.05, 0) is 79.5 Å². The maximum atomic E-state index is 15.0. The molecule has 13 heteroatoms. The zero-order chi connectivity index (χ0) is 31.3. The van der Waals surface area contributed by atoms with E-state index in [1.54, 1.807) is 6.92 Å². The molecule has 0 heterocycles. The maximum Gasteiger partial charge on any atom is 0.501 e. The first-order chi connectivity index (χ1) is 20.2. The average Bonchev–Trinajstić information content (AvgIpc) is 3.56. The van der Waals surface area contributed by atoms with E-state index in [0.717, 1.165) is 36.8 Å². The van der Waals surface area contributed by atoms with Crippen LogP contribution < -0.4 is 15.4 Å². The lowest BCUT2D eigenvalue weighted by Crippen LogP contribution is -2.48. The van der Waals surface area contributed by atoms with Gasteiger partial charge in [0.1, 0.15) is 17.4 Å². The van der Waals surface area contributed by atoms with E-state index in [4.69, 9.17) is 4.74 Å². The molecule has 3 aromatic rings. The van der Waals surface area contributed by atoms with Gasteiger partial charge in [0, 0.05) is 23.4 Å². The third kappa shape index (κ3) is 5.69. The molecule has 0 aliphatic heterocycles. The molecule has 4 atom stereocenters. The molecule has 0 aromatic heterocycles. The van der Waals surface area contributed by atoms with Crippen LogP contribution in [0.15, 0.2) is 59.5 Å². The number of nitrogens with one attached hydrogen (secondary N) is 2. The van der Waals surface area contributed by atoms with E-state index in [1.807, 2.05) is 0 Å². The number of fused-ring (bicyclic) bond motifs is 2. The summed E-state index contributed by atoms with van der Waals surface area (Å²) < 4.78 is 97.3. The molecule has 2 amide bonds. The molecule has 43 heavy (non-hydrogen) atoms. The van der Waals surface area contributed by atoms with Crippen LogP contribution in [-0.4, -0.2) is 38.9 Å². The van der Waals surface area contributed by atoms with Gasteiger partial charge in [0.25, 0.3) is 15.7 Å². The first-order valence-electron chi connectivity index (χ1n) is 13.4. The fraction of sp³-hybridized carbons (Fsp3) is 0.333. The third-order valence-corrected chi connectivity index (χ3v) is 9.73. The standard InChI is InChI=1S/C30H27F5N2O5S/c1-15-6-7-16(11-23(15)31)21-13-22(25(42-2)14-24(21)32)28(38)37-27-18-9-8-17(10-18)26(27)29(39)36-19-4-3-5-20(12-19)43(40,41)30(33,34)35/h3-7,11-14,17-18,26-27H,8-10H2,1-2H3,(H,36,39)(H,37,38)/t17-,18+,26+,27-/m1/s1. The quantitative estimate of drug-likeness (QED) is 0.314. The Morgan fingerprint density at radius 1 is 0.953 bits per heavy atom. The number of hydrogen-bond donors (Lipinski definition) is 2. The Hall–Kier alpha value is -4.00. The van der Waals surface area contributed by atoms with Crippen molar-refractivity contribution in [1.82, 2.24) is 5.32 Å². The molecule has 0 radical (unpaired) electrons. The fourth-order valence-corrected chi connectivity index (χ4v) is 6.90. The number of sulfone groups is 1. The fourth-order valence-electron chi connectivity index (χ4n) is 6.09. The summed E-state index contributed by atoms with van der Waals surface area (Å²) in [6.45, 7) is 1.56. The van der Waals surface area contributed by atoms with Crippen LogP contribution >= 0.6 is 0 Å². The predicted octanol–water partition coefficient (Wildman–Crippen LogP) is 6.03. The van der Waals surface area contributed by atoms with Crippen molar-refractivity contribution in [3.05, 3.63) is 77.4 Å². The Labute approximate surface area is 244 Å². The minimum atomic E-state index is -5.63. The van der Waals surface area contributed by atoms with Gasteiger partial charge in [-0.2, -0.15) is 13.2 Å². The molecule has 0 unspecified atom stereocenters. The number of anilines is 1. The van der Waals surface area contributed by atoms with Crippen molar-refractivity contribution in [2.75, 3.05) is 12.4 Å². The van der Waals surface area contributed by atoms with E-state index in [1.165, 1.54) is 31.4 Å². The zero-order valence-corrected chi connectivity index (χ0v) is 23.8. The minimum Gasteiger partial charge on any atom is -0.496 e. The second-order valence-corrected chi connectivity index (χ2v) is 12.8. The average molecular weight is 623 g/mol. The lowest BCUT2D eigenvalue weighted by Gasteiger charge is -2.31. The number of ether oxygens (including phenoxy) is 1. The van der Waals surface area contributed by atoms with Crippen LogP contribution in [-0.2, 0) is 14.6 Å². The molecular weight excluding hydrogens is 595 g/mol. The number of benzene rings is 3. The summed E-state index contributed by atoms with van der Waals surface area (Å²) in [6, 6.07) is 9.67. The van der Waals surface area contributed by atoms with E-state index < -0.39 is 55.6 Å². The van der Waals surface area contributed by atoms with Gasteiger partial charge in [-0.3, -0.25) is 9.59 Å². The van der Waals surface area contributed by atoms with Gasteiger partial charge in [0.05, 0.1) is 23.5 Å². The van der Waals surface area contributed by atoms with Crippen molar-refractivity contribution in [3.63, 3.8) is 0 Å². The number of carbonyl (C=O) groups excluding carboxylic acids is 2. The van der Waals surface area contributed by atoms with Crippen LogP contribution in [0.25, 0.3) is 11.1 Å². The molecular formula is C30H27F5N2O5S. The number of hydrogen-bond acceptors (Lipinski definition) is 5. The van der Waals surface area contributed by atoms with Crippen molar-refractivity contribution in [2.24, 2.45) is 17.8 Å². The second-order valence-electron chi connectivity index (χ2n) is 10.8. The molecule has 5 rings (SSSR count). The van der Waals surface area contributed by atoms with Gasteiger partial charge >= 0.3 is 5.51 Å². The smallest absolute Gasteiger partial charge is 0.496 e. The molecule has 228 valence electrons. The van der Waals surface area contributed by atoms with Crippen molar-refractivity contribution < 1.29 is 44.7 Å². The molecule has 7 nitrogen and oxygen atoms in total. The number of alkyl halides is 3.